The molecule has 2 unspecified atom stereocenters. The van der Waals surface area contributed by atoms with Gasteiger partial charge >= 0.3 is 147 Å². The fourth-order valence-corrected chi connectivity index (χ4v) is 7.62. The van der Waals surface area contributed by atoms with Crippen LogP contribution in [0.2, 0.25) is 19.6 Å². The minimum atomic E-state index is -1.36. The maximum absolute atomic E-state index is 7.08. The Hall–Kier alpha value is -0.578. The summed E-state index contributed by atoms with van der Waals surface area (Å²) < 4.78 is 1.42. The minimum Gasteiger partial charge on any atom is -0.680 e. The SMILES string of the molecule is CC1=Cc2ccccc2[CH]1[Gd+][CH]1C(C)=Cc2ccccc21.C[Si](C)(C)[NH-]. The first kappa shape index (κ1) is 20.2. The number of fused-ring (bicyclic) bond motifs is 2. The molecule has 0 aliphatic heterocycles. The van der Waals surface area contributed by atoms with E-state index in [1.54, 1.807) is 22.3 Å². The summed E-state index contributed by atoms with van der Waals surface area (Å²) in [5.74, 6) is 0. The topological polar surface area (TPSA) is 23.8 Å². The molecule has 0 amide bonds. The van der Waals surface area contributed by atoms with Crippen LogP contribution in [0.4, 0.5) is 0 Å². The Morgan fingerprint density at radius 3 is 1.46 bits per heavy atom. The van der Waals surface area contributed by atoms with Gasteiger partial charge in [-0.3, -0.25) is 0 Å². The minimum absolute atomic E-state index is 0.285. The third-order valence-corrected chi connectivity index (χ3v) is 9.29. The molecule has 0 heterocycles. The Morgan fingerprint density at radius 1 is 0.731 bits per heavy atom. The number of rotatable bonds is 2. The van der Waals surface area contributed by atoms with E-state index in [2.05, 4.69) is 74.5 Å². The molecule has 0 spiro atoms. The van der Waals surface area contributed by atoms with Crippen molar-refractivity contribution in [1.82, 2.24) is 0 Å². The molecule has 2 aliphatic rings. The Kier molecular flexibility index (Phi) is 6.36. The third-order valence-electron chi connectivity index (χ3n) is 4.30. The van der Waals surface area contributed by atoms with Crippen molar-refractivity contribution in [3.05, 3.63) is 87.3 Å². The maximum Gasteiger partial charge on any atom is -0.0701 e. The van der Waals surface area contributed by atoms with Gasteiger partial charge in [0, 0.05) is 0 Å². The van der Waals surface area contributed by atoms with E-state index in [1.807, 2.05) is 19.6 Å². The van der Waals surface area contributed by atoms with E-state index < -0.39 is 8.24 Å². The van der Waals surface area contributed by atoms with Gasteiger partial charge in [-0.1, -0.05) is 27.9 Å². The Balaban J connectivity index is 0.000000349. The fourth-order valence-electron chi connectivity index (χ4n) is 3.29. The van der Waals surface area contributed by atoms with Gasteiger partial charge in [-0.05, 0) is 0 Å². The smallest absolute Gasteiger partial charge is 0.0701 e. The van der Waals surface area contributed by atoms with Crippen molar-refractivity contribution < 1.29 is 35.9 Å². The van der Waals surface area contributed by atoms with Crippen molar-refractivity contribution in [1.29, 1.82) is 0 Å². The zero-order valence-corrected chi connectivity index (χ0v) is 19.6. The van der Waals surface area contributed by atoms with E-state index >= 15 is 0 Å². The van der Waals surface area contributed by atoms with Crippen molar-refractivity contribution in [2.75, 3.05) is 0 Å². The molecule has 1 nitrogen and oxygen atoms in total. The second-order valence-electron chi connectivity index (χ2n) is 8.10. The monoisotopic (exact) mass is 504 g/mol. The molecule has 3 heteroatoms. The molecule has 0 bridgehead atoms. The zero-order valence-electron chi connectivity index (χ0n) is 16.3. The van der Waals surface area contributed by atoms with Crippen LogP contribution >= 0.6 is 0 Å². The number of hydrogen-bond donors (Lipinski definition) is 0. The summed E-state index contributed by atoms with van der Waals surface area (Å²) >= 11 is -0.285. The van der Waals surface area contributed by atoms with Gasteiger partial charge in [0.15, 0.2) is 0 Å². The maximum atomic E-state index is 7.08. The van der Waals surface area contributed by atoms with Crippen molar-refractivity contribution in [3.63, 3.8) is 0 Å². The Bertz CT molecular complexity index is 789. The average Bonchev–Trinajstić information content (AvgIpc) is 3.04. The standard InChI is InChI=1S/2C10H9.C3H10NSi.Gd/c2*1-8-6-9-4-2-3-5-10(9)7-8;1-5(2,3)4;/h2*2-7H,1H3;4H,1-3H3;/q;;-1;+1. The summed E-state index contributed by atoms with van der Waals surface area (Å²) in [6.07, 6.45) is 4.79. The van der Waals surface area contributed by atoms with Gasteiger partial charge in [0.2, 0.25) is 0 Å². The zero-order chi connectivity index (χ0) is 18.9. The van der Waals surface area contributed by atoms with Gasteiger partial charge in [-0.2, -0.15) is 0 Å². The van der Waals surface area contributed by atoms with Gasteiger partial charge < -0.3 is 5.40 Å². The van der Waals surface area contributed by atoms with E-state index in [9.17, 15) is 0 Å². The molecular formula is C23H28GdNSi. The molecule has 2 aromatic rings. The van der Waals surface area contributed by atoms with Crippen molar-refractivity contribution >= 4 is 20.4 Å². The van der Waals surface area contributed by atoms with Crippen LogP contribution in [0.1, 0.15) is 39.5 Å². The van der Waals surface area contributed by atoms with Crippen molar-refractivity contribution in [2.45, 2.75) is 36.9 Å². The Labute approximate surface area is 179 Å². The predicted octanol–water partition coefficient (Wildman–Crippen LogP) is 7.26. The second kappa shape index (κ2) is 8.20. The summed E-state index contributed by atoms with van der Waals surface area (Å²) in [6, 6.07) is 17.9. The largest absolute Gasteiger partial charge is 0.680 e. The van der Waals surface area contributed by atoms with Gasteiger partial charge in [0.25, 0.3) is 0 Å². The average molecular weight is 504 g/mol. The van der Waals surface area contributed by atoms with E-state index in [0.717, 1.165) is 0 Å². The van der Waals surface area contributed by atoms with Gasteiger partial charge in [-0.15, -0.1) is 0 Å². The molecule has 0 saturated heterocycles. The first-order valence-corrected chi connectivity index (χ1v) is 15.2. The molecule has 0 fully saturated rings. The van der Waals surface area contributed by atoms with Crippen LogP contribution in [0.3, 0.4) is 0 Å². The number of allylic oxidation sites excluding steroid dienone is 2. The molecule has 2 atom stereocenters. The van der Waals surface area contributed by atoms with Crippen molar-refractivity contribution in [2.24, 2.45) is 0 Å². The molecule has 2 aliphatic carbocycles. The van der Waals surface area contributed by atoms with Crippen LogP contribution in [-0.4, -0.2) is 8.24 Å². The normalized spacial score (nSPS) is 20.5. The van der Waals surface area contributed by atoms with E-state index in [1.165, 1.54) is 11.1 Å². The molecular weight excluding hydrogens is 476 g/mol. The molecule has 26 heavy (non-hydrogen) atoms. The van der Waals surface area contributed by atoms with Crippen LogP contribution in [0.15, 0.2) is 59.7 Å². The number of nitrogens with one attached hydrogen (secondary N) is 1. The molecule has 0 saturated carbocycles. The summed E-state index contributed by atoms with van der Waals surface area (Å²) in [5, 5.41) is 7.08. The predicted molar refractivity (Wildman–Crippen MR) is 113 cm³/mol. The molecule has 2 aromatic carbocycles. The van der Waals surface area contributed by atoms with Crippen molar-refractivity contribution in [3.8, 4) is 0 Å². The summed E-state index contributed by atoms with van der Waals surface area (Å²) in [7, 11) is -1.36. The van der Waals surface area contributed by atoms with Gasteiger partial charge in [0.1, 0.15) is 0 Å². The quantitative estimate of drug-likeness (QED) is 0.385. The van der Waals surface area contributed by atoms with Crippen LogP contribution in [0.5, 0.6) is 0 Å². The Morgan fingerprint density at radius 2 is 1.08 bits per heavy atom. The molecule has 0 radical (unpaired) electrons. The van der Waals surface area contributed by atoms with E-state index in [-0.39, 0.29) is 35.9 Å². The van der Waals surface area contributed by atoms with Gasteiger partial charge in [-0.25, -0.2) is 0 Å². The van der Waals surface area contributed by atoms with Crippen LogP contribution in [0, 0.1) is 35.9 Å². The summed E-state index contributed by atoms with van der Waals surface area (Å²) in [5.41, 5.74) is 9.17. The van der Waals surface area contributed by atoms with E-state index in [4.69, 9.17) is 5.40 Å². The first-order chi connectivity index (χ1) is 12.2. The number of benzene rings is 2. The third kappa shape index (κ3) is 4.82. The molecule has 1 N–H and O–H groups in total. The summed E-state index contributed by atoms with van der Waals surface area (Å²) in [6.45, 7) is 10.6. The molecule has 137 valence electrons. The summed E-state index contributed by atoms with van der Waals surface area (Å²) in [4.78, 5) is 0. The second-order valence-corrected chi connectivity index (χ2v) is 16.0. The van der Waals surface area contributed by atoms with Crippen LogP contribution in [0.25, 0.3) is 17.6 Å². The van der Waals surface area contributed by atoms with Crippen LogP contribution < -0.4 is 0 Å². The van der Waals surface area contributed by atoms with Gasteiger partial charge in [0.05, 0.1) is 0 Å². The van der Waals surface area contributed by atoms with Crippen LogP contribution in [-0.2, 0) is 0 Å². The fraction of sp³-hybridized carbons (Fsp3) is 0.304. The van der Waals surface area contributed by atoms with E-state index in [0.29, 0.717) is 3.40 Å². The molecule has 4 rings (SSSR count). The number of hydrogen-bond acceptors (Lipinski definition) is 0. The molecule has 0 aromatic heterocycles. The first-order valence-electron chi connectivity index (χ1n) is 9.12.